The Labute approximate surface area is 165 Å². The fourth-order valence-corrected chi connectivity index (χ4v) is 3.47. The number of rotatable bonds is 5. The number of methoxy groups -OCH3 is 1. The molecule has 1 saturated heterocycles. The zero-order valence-corrected chi connectivity index (χ0v) is 17.1. The number of hydrogen-bond acceptors (Lipinski definition) is 4. The van der Waals surface area contributed by atoms with Gasteiger partial charge in [0.2, 0.25) is 5.91 Å². The largest absolute Gasteiger partial charge is 0.497 e. The van der Waals surface area contributed by atoms with Crippen molar-refractivity contribution in [3.8, 4) is 5.75 Å². The number of carbonyl (C=O) groups is 1. The quantitative estimate of drug-likeness (QED) is 0.603. The molecule has 0 aliphatic carbocycles. The third-order valence-corrected chi connectivity index (χ3v) is 5.15. The van der Waals surface area contributed by atoms with Crippen molar-refractivity contribution in [3.63, 3.8) is 0 Å². The molecule has 1 aromatic heterocycles. The van der Waals surface area contributed by atoms with Crippen molar-refractivity contribution in [1.29, 1.82) is 0 Å². The highest BCUT2D eigenvalue weighted by atomic mass is 16.5. The van der Waals surface area contributed by atoms with Crippen LogP contribution in [0.1, 0.15) is 23.4 Å². The summed E-state index contributed by atoms with van der Waals surface area (Å²) in [4.78, 5) is 18.6. The first-order chi connectivity index (χ1) is 13.4. The predicted molar refractivity (Wildman–Crippen MR) is 110 cm³/mol. The Morgan fingerprint density at radius 2 is 2.18 bits per heavy atom. The molecular formula is C20H28N6O2. The van der Waals surface area contributed by atoms with Crippen LogP contribution in [0, 0.1) is 13.8 Å². The Morgan fingerprint density at radius 3 is 2.82 bits per heavy atom. The zero-order chi connectivity index (χ0) is 20.3. The van der Waals surface area contributed by atoms with Crippen LogP contribution in [-0.4, -0.2) is 48.4 Å². The molecule has 0 saturated carbocycles. The van der Waals surface area contributed by atoms with Crippen molar-refractivity contribution in [3.05, 3.63) is 41.2 Å². The Bertz CT molecular complexity index is 889. The highest BCUT2D eigenvalue weighted by Gasteiger charge is 2.31. The fraction of sp³-hybridized carbons (Fsp3) is 0.450. The number of carbonyl (C=O) groups excluding carboxylic acids is 1. The maximum Gasteiger partial charge on any atom is 0.229 e. The third kappa shape index (κ3) is 4.11. The van der Waals surface area contributed by atoms with Crippen LogP contribution in [0.3, 0.4) is 0 Å². The third-order valence-electron chi connectivity index (χ3n) is 5.15. The van der Waals surface area contributed by atoms with Gasteiger partial charge in [-0.25, -0.2) is 0 Å². The number of nitrogens with zero attached hydrogens (tertiary/aromatic N) is 4. The van der Waals surface area contributed by atoms with Gasteiger partial charge in [-0.3, -0.25) is 14.5 Å². The first-order valence-corrected chi connectivity index (χ1v) is 9.33. The molecule has 1 atom stereocenters. The summed E-state index contributed by atoms with van der Waals surface area (Å²) in [6, 6.07) is 7.54. The van der Waals surface area contributed by atoms with Crippen LogP contribution in [-0.2, 0) is 18.4 Å². The predicted octanol–water partition coefficient (Wildman–Crippen LogP) is 1.52. The van der Waals surface area contributed by atoms with Crippen LogP contribution < -0.4 is 20.3 Å². The molecule has 8 heteroatoms. The number of guanidine groups is 1. The van der Waals surface area contributed by atoms with E-state index in [4.69, 9.17) is 4.74 Å². The normalized spacial score (nSPS) is 17.2. The number of aliphatic imine (C=N–C) groups is 1. The summed E-state index contributed by atoms with van der Waals surface area (Å²) in [6.07, 6.45) is 0.420. The summed E-state index contributed by atoms with van der Waals surface area (Å²) in [5, 5.41) is 11.1. The SMILES string of the molecule is CN=C(NCc1c(C)nn(C)c1C)NC1CC(=O)N(c2cccc(OC)c2)C1. The highest BCUT2D eigenvalue weighted by Crippen LogP contribution is 2.25. The zero-order valence-electron chi connectivity index (χ0n) is 17.1. The van der Waals surface area contributed by atoms with E-state index < -0.39 is 0 Å². The molecule has 2 N–H and O–H groups in total. The minimum atomic E-state index is -0.0130. The van der Waals surface area contributed by atoms with Crippen LogP contribution in [0.25, 0.3) is 0 Å². The Kier molecular flexibility index (Phi) is 5.87. The molecule has 1 aliphatic rings. The topological polar surface area (TPSA) is 83.8 Å². The molecular weight excluding hydrogens is 356 g/mol. The van der Waals surface area contributed by atoms with Gasteiger partial charge in [0.05, 0.1) is 18.8 Å². The second kappa shape index (κ2) is 8.33. The van der Waals surface area contributed by atoms with E-state index in [2.05, 4.69) is 27.6 Å². The molecule has 2 aromatic rings. The van der Waals surface area contributed by atoms with E-state index in [9.17, 15) is 4.79 Å². The summed E-state index contributed by atoms with van der Waals surface area (Å²) in [5.74, 6) is 1.49. The van der Waals surface area contributed by atoms with Crippen molar-refractivity contribution in [2.24, 2.45) is 12.0 Å². The number of aromatic nitrogens is 2. The van der Waals surface area contributed by atoms with Crippen molar-refractivity contribution < 1.29 is 9.53 Å². The van der Waals surface area contributed by atoms with Gasteiger partial charge < -0.3 is 20.3 Å². The Balaban J connectivity index is 1.62. The first-order valence-electron chi connectivity index (χ1n) is 9.33. The molecule has 28 heavy (non-hydrogen) atoms. The molecule has 1 unspecified atom stereocenters. The van der Waals surface area contributed by atoms with Crippen molar-refractivity contribution in [2.75, 3.05) is 25.6 Å². The molecule has 1 fully saturated rings. The van der Waals surface area contributed by atoms with E-state index in [1.54, 1.807) is 19.1 Å². The van der Waals surface area contributed by atoms with Gasteiger partial charge in [0.25, 0.3) is 0 Å². The van der Waals surface area contributed by atoms with Gasteiger partial charge in [0.1, 0.15) is 5.75 Å². The van der Waals surface area contributed by atoms with Crippen LogP contribution >= 0.6 is 0 Å². The monoisotopic (exact) mass is 384 g/mol. The number of benzene rings is 1. The van der Waals surface area contributed by atoms with Gasteiger partial charge in [-0.05, 0) is 26.0 Å². The summed E-state index contributed by atoms with van der Waals surface area (Å²) in [5.41, 5.74) is 4.13. The number of hydrogen-bond donors (Lipinski definition) is 2. The average Bonchev–Trinajstić information content (AvgIpc) is 3.17. The molecule has 2 heterocycles. The lowest BCUT2D eigenvalue weighted by molar-refractivity contribution is -0.117. The lowest BCUT2D eigenvalue weighted by Gasteiger charge is -2.19. The number of aryl methyl sites for hydroxylation is 2. The minimum Gasteiger partial charge on any atom is -0.497 e. The van der Waals surface area contributed by atoms with E-state index in [0.29, 0.717) is 25.5 Å². The van der Waals surface area contributed by atoms with E-state index in [1.807, 2.05) is 42.9 Å². The maximum absolute atomic E-state index is 12.5. The molecule has 1 aliphatic heterocycles. The van der Waals surface area contributed by atoms with Gasteiger partial charge in [-0.15, -0.1) is 0 Å². The second-order valence-electron chi connectivity index (χ2n) is 6.95. The van der Waals surface area contributed by atoms with E-state index >= 15 is 0 Å². The minimum absolute atomic E-state index is 0.0130. The Hall–Kier alpha value is -3.03. The van der Waals surface area contributed by atoms with Gasteiger partial charge in [-0.2, -0.15) is 5.10 Å². The van der Waals surface area contributed by atoms with Crippen molar-refractivity contribution >= 4 is 17.6 Å². The van der Waals surface area contributed by atoms with Gasteiger partial charge in [0.15, 0.2) is 5.96 Å². The van der Waals surface area contributed by atoms with Crippen LogP contribution in [0.5, 0.6) is 5.75 Å². The Morgan fingerprint density at radius 1 is 1.39 bits per heavy atom. The molecule has 0 bridgehead atoms. The number of amides is 1. The summed E-state index contributed by atoms with van der Waals surface area (Å²) < 4.78 is 7.14. The molecule has 150 valence electrons. The van der Waals surface area contributed by atoms with Crippen molar-refractivity contribution in [1.82, 2.24) is 20.4 Å². The van der Waals surface area contributed by atoms with E-state index in [0.717, 1.165) is 28.4 Å². The summed E-state index contributed by atoms with van der Waals surface area (Å²) in [7, 11) is 5.29. The number of ether oxygens (including phenoxy) is 1. The summed E-state index contributed by atoms with van der Waals surface area (Å²) >= 11 is 0. The highest BCUT2D eigenvalue weighted by molar-refractivity contribution is 5.97. The first kappa shape index (κ1) is 19.7. The lowest BCUT2D eigenvalue weighted by Crippen LogP contribution is -2.44. The van der Waals surface area contributed by atoms with Crippen LogP contribution in [0.4, 0.5) is 5.69 Å². The van der Waals surface area contributed by atoms with Crippen molar-refractivity contribution in [2.45, 2.75) is 32.9 Å². The number of nitrogens with one attached hydrogen (secondary N) is 2. The number of anilines is 1. The lowest BCUT2D eigenvalue weighted by atomic mass is 10.2. The molecule has 0 spiro atoms. The smallest absolute Gasteiger partial charge is 0.229 e. The summed E-state index contributed by atoms with van der Waals surface area (Å²) in [6.45, 7) is 5.26. The molecule has 1 amide bonds. The van der Waals surface area contributed by atoms with Gasteiger partial charge in [-0.1, -0.05) is 6.07 Å². The van der Waals surface area contributed by atoms with Gasteiger partial charge >= 0.3 is 0 Å². The molecule has 3 rings (SSSR count). The fourth-order valence-electron chi connectivity index (χ4n) is 3.47. The average molecular weight is 384 g/mol. The standard InChI is InChI=1S/C20H28N6O2/c1-13-18(14(2)25(4)24-13)11-22-20(21-3)23-15-9-19(27)26(12-15)16-7-6-8-17(10-16)28-5/h6-8,10,15H,9,11-12H2,1-5H3,(H2,21,22,23). The molecule has 8 nitrogen and oxygen atoms in total. The van der Waals surface area contributed by atoms with Crippen LogP contribution in [0.15, 0.2) is 29.3 Å². The second-order valence-corrected chi connectivity index (χ2v) is 6.95. The maximum atomic E-state index is 12.5. The van der Waals surface area contributed by atoms with E-state index in [-0.39, 0.29) is 11.9 Å². The van der Waals surface area contributed by atoms with Gasteiger partial charge in [0, 0.05) is 56.6 Å². The molecule has 1 aromatic carbocycles. The molecule has 0 radical (unpaired) electrons. The van der Waals surface area contributed by atoms with E-state index in [1.165, 1.54) is 0 Å². The van der Waals surface area contributed by atoms with Crippen LogP contribution in [0.2, 0.25) is 0 Å².